The SMILES string of the molecule is CCOc1cc(NC(=O)c2ccc(OC)cc2)ccc1C=Cc1ccc(NC(=O)c2ccc(OC)cc2)cc1S(=O)(=O)O. The molecule has 0 aromatic heterocycles. The molecule has 0 spiro atoms. The van der Waals surface area contributed by atoms with E-state index in [-0.39, 0.29) is 17.2 Å². The highest BCUT2D eigenvalue weighted by molar-refractivity contribution is 7.86. The molecule has 3 N–H and O–H groups in total. The number of amides is 2. The predicted molar refractivity (Wildman–Crippen MR) is 165 cm³/mol. The maximum atomic E-state index is 12.7. The van der Waals surface area contributed by atoms with Crippen LogP contribution >= 0.6 is 0 Å². The van der Waals surface area contributed by atoms with Crippen molar-refractivity contribution < 1.29 is 36.8 Å². The predicted octanol–water partition coefficient (Wildman–Crippen LogP) is 6.02. The fraction of sp³-hybridized carbons (Fsp3) is 0.125. The number of benzene rings is 4. The molecule has 10 nitrogen and oxygen atoms in total. The number of methoxy groups -OCH3 is 2. The average molecular weight is 603 g/mol. The smallest absolute Gasteiger partial charge is 0.295 e. The van der Waals surface area contributed by atoms with Crippen LogP contribution < -0.4 is 24.8 Å². The van der Waals surface area contributed by atoms with E-state index in [1.54, 1.807) is 79.9 Å². The van der Waals surface area contributed by atoms with Crippen molar-refractivity contribution in [3.05, 3.63) is 107 Å². The monoisotopic (exact) mass is 602 g/mol. The van der Waals surface area contributed by atoms with E-state index in [0.29, 0.717) is 46.2 Å². The summed E-state index contributed by atoms with van der Waals surface area (Å²) < 4.78 is 50.4. The molecule has 0 aliphatic heterocycles. The van der Waals surface area contributed by atoms with Gasteiger partial charge in [-0.1, -0.05) is 18.2 Å². The average Bonchev–Trinajstić information content (AvgIpc) is 3.00. The molecule has 0 saturated heterocycles. The van der Waals surface area contributed by atoms with E-state index in [9.17, 15) is 22.6 Å². The molecule has 0 unspecified atom stereocenters. The Hall–Kier alpha value is -5.13. The Morgan fingerprint density at radius 3 is 1.65 bits per heavy atom. The molecule has 0 fully saturated rings. The zero-order chi connectivity index (χ0) is 31.0. The molecule has 0 aliphatic rings. The van der Waals surface area contributed by atoms with Gasteiger partial charge in [0.15, 0.2) is 0 Å². The number of hydrogen-bond donors (Lipinski definition) is 3. The van der Waals surface area contributed by atoms with Crippen LogP contribution in [-0.2, 0) is 10.1 Å². The van der Waals surface area contributed by atoms with Gasteiger partial charge in [-0.2, -0.15) is 8.42 Å². The standard InChI is InChI=1S/C32H30N2O8S/c1-4-42-29-19-25(33-31(35)23-9-15-27(40-2)16-10-23)13-7-21(29)5-6-22-8-14-26(20-30(22)43(37,38)39)34-32(36)24-11-17-28(41-3)18-12-24/h5-20H,4H2,1-3H3,(H,33,35)(H,34,36)(H,37,38,39). The molecule has 4 aromatic rings. The van der Waals surface area contributed by atoms with Gasteiger partial charge in [0.05, 0.1) is 20.8 Å². The fourth-order valence-corrected chi connectivity index (χ4v) is 4.78. The number of ether oxygens (including phenoxy) is 3. The molecule has 0 radical (unpaired) electrons. The maximum absolute atomic E-state index is 12.7. The third kappa shape index (κ3) is 8.00. The van der Waals surface area contributed by atoms with E-state index in [1.807, 2.05) is 6.92 Å². The van der Waals surface area contributed by atoms with E-state index < -0.39 is 20.9 Å². The minimum atomic E-state index is -4.65. The Labute approximate surface area is 249 Å². The summed E-state index contributed by atoms with van der Waals surface area (Å²) in [6.45, 7) is 2.15. The van der Waals surface area contributed by atoms with Crippen LogP contribution in [0.5, 0.6) is 17.2 Å². The molecule has 0 bridgehead atoms. The fourth-order valence-electron chi connectivity index (χ4n) is 4.07. The Bertz CT molecular complexity index is 1750. The number of nitrogens with one attached hydrogen (secondary N) is 2. The van der Waals surface area contributed by atoms with Crippen LogP contribution in [0.1, 0.15) is 38.8 Å². The van der Waals surface area contributed by atoms with E-state index >= 15 is 0 Å². The van der Waals surface area contributed by atoms with Gasteiger partial charge in [0.2, 0.25) is 0 Å². The summed E-state index contributed by atoms with van der Waals surface area (Å²) in [6, 6.07) is 22.3. The largest absolute Gasteiger partial charge is 0.497 e. The number of anilines is 2. The first-order valence-corrected chi connectivity index (χ1v) is 14.5. The van der Waals surface area contributed by atoms with Gasteiger partial charge in [-0.3, -0.25) is 14.1 Å². The second-order valence-corrected chi connectivity index (χ2v) is 10.5. The number of rotatable bonds is 11. The third-order valence-corrected chi connectivity index (χ3v) is 7.18. The Kier molecular flexibility index (Phi) is 9.81. The summed E-state index contributed by atoms with van der Waals surface area (Å²) >= 11 is 0. The second kappa shape index (κ2) is 13.7. The summed E-state index contributed by atoms with van der Waals surface area (Å²) in [5, 5.41) is 5.46. The number of hydrogen-bond acceptors (Lipinski definition) is 7. The number of carbonyl (C=O) groups excluding carboxylic acids is 2. The molecule has 0 atom stereocenters. The lowest BCUT2D eigenvalue weighted by Crippen LogP contribution is -2.12. The first kappa shape index (κ1) is 30.8. The quantitative estimate of drug-likeness (QED) is 0.140. The molecule has 43 heavy (non-hydrogen) atoms. The Balaban J connectivity index is 1.55. The van der Waals surface area contributed by atoms with Gasteiger partial charge in [-0.15, -0.1) is 0 Å². The van der Waals surface area contributed by atoms with E-state index in [1.165, 1.54) is 31.4 Å². The lowest BCUT2D eigenvalue weighted by atomic mass is 10.1. The zero-order valence-electron chi connectivity index (χ0n) is 23.7. The summed E-state index contributed by atoms with van der Waals surface area (Å²) in [4.78, 5) is 24.9. The molecule has 0 saturated carbocycles. The lowest BCUT2D eigenvalue weighted by molar-refractivity contribution is 0.101. The first-order valence-electron chi connectivity index (χ1n) is 13.1. The maximum Gasteiger partial charge on any atom is 0.295 e. The Morgan fingerprint density at radius 2 is 1.19 bits per heavy atom. The minimum Gasteiger partial charge on any atom is -0.497 e. The molecule has 0 heterocycles. The first-order chi connectivity index (χ1) is 20.6. The van der Waals surface area contributed by atoms with Crippen LogP contribution in [0, 0.1) is 0 Å². The highest BCUT2D eigenvalue weighted by atomic mass is 32.2. The van der Waals surface area contributed by atoms with Crippen LogP contribution in [0.15, 0.2) is 89.8 Å². The summed E-state index contributed by atoms with van der Waals surface area (Å²) in [5.74, 6) is 0.888. The number of carbonyl (C=O) groups is 2. The topological polar surface area (TPSA) is 140 Å². The van der Waals surface area contributed by atoms with Crippen LogP contribution in [0.2, 0.25) is 0 Å². The molecule has 4 rings (SSSR count). The molecule has 2 amide bonds. The van der Waals surface area contributed by atoms with Crippen molar-refractivity contribution in [3.8, 4) is 17.2 Å². The summed E-state index contributed by atoms with van der Waals surface area (Å²) in [6.07, 6.45) is 3.13. The van der Waals surface area contributed by atoms with Crippen molar-refractivity contribution in [1.82, 2.24) is 0 Å². The minimum absolute atomic E-state index is 0.178. The second-order valence-electron chi connectivity index (χ2n) is 9.11. The molecule has 4 aromatic carbocycles. The van der Waals surface area contributed by atoms with Crippen molar-refractivity contribution >= 4 is 45.5 Å². The van der Waals surface area contributed by atoms with Crippen molar-refractivity contribution in [1.29, 1.82) is 0 Å². The van der Waals surface area contributed by atoms with Gasteiger partial charge < -0.3 is 24.8 Å². The highest BCUT2D eigenvalue weighted by Gasteiger charge is 2.17. The van der Waals surface area contributed by atoms with E-state index in [4.69, 9.17) is 14.2 Å². The van der Waals surface area contributed by atoms with Crippen LogP contribution in [0.4, 0.5) is 11.4 Å². The van der Waals surface area contributed by atoms with Gasteiger partial charge >= 0.3 is 0 Å². The van der Waals surface area contributed by atoms with Crippen LogP contribution in [0.3, 0.4) is 0 Å². The Morgan fingerprint density at radius 1 is 0.721 bits per heavy atom. The van der Waals surface area contributed by atoms with Gasteiger partial charge in [0, 0.05) is 34.1 Å². The molecule has 222 valence electrons. The van der Waals surface area contributed by atoms with E-state index in [0.717, 1.165) is 0 Å². The van der Waals surface area contributed by atoms with E-state index in [2.05, 4.69) is 10.6 Å². The zero-order valence-corrected chi connectivity index (χ0v) is 24.5. The lowest BCUT2D eigenvalue weighted by Gasteiger charge is -2.12. The summed E-state index contributed by atoms with van der Waals surface area (Å²) in [5.41, 5.74) is 2.25. The normalized spacial score (nSPS) is 11.2. The van der Waals surface area contributed by atoms with Gasteiger partial charge in [0.25, 0.3) is 21.9 Å². The highest BCUT2D eigenvalue weighted by Crippen LogP contribution is 2.28. The van der Waals surface area contributed by atoms with Crippen molar-refractivity contribution in [3.63, 3.8) is 0 Å². The molecule has 11 heteroatoms. The van der Waals surface area contributed by atoms with Gasteiger partial charge in [-0.05, 0) is 85.3 Å². The van der Waals surface area contributed by atoms with Crippen molar-refractivity contribution in [2.75, 3.05) is 31.5 Å². The molecular formula is C32H30N2O8S. The van der Waals surface area contributed by atoms with Crippen molar-refractivity contribution in [2.45, 2.75) is 11.8 Å². The molecular weight excluding hydrogens is 572 g/mol. The third-order valence-electron chi connectivity index (χ3n) is 6.27. The molecule has 0 aliphatic carbocycles. The van der Waals surface area contributed by atoms with Crippen LogP contribution in [0.25, 0.3) is 12.2 Å². The summed E-state index contributed by atoms with van der Waals surface area (Å²) in [7, 11) is -1.59. The van der Waals surface area contributed by atoms with Gasteiger partial charge in [0.1, 0.15) is 22.1 Å². The van der Waals surface area contributed by atoms with Crippen molar-refractivity contribution in [2.24, 2.45) is 0 Å². The van der Waals surface area contributed by atoms with Crippen LogP contribution in [-0.4, -0.2) is 45.6 Å². The van der Waals surface area contributed by atoms with Gasteiger partial charge in [-0.25, -0.2) is 0 Å².